The smallest absolute Gasteiger partial charge is 0.0403 e. The molecule has 0 amide bonds. The molecule has 0 aromatic rings. The molecule has 0 unspecified atom stereocenters. The molecule has 0 fully saturated rings. The molecular weight excluding hydrogens is 144 g/mol. The number of hydrogen-bond donors (Lipinski definition) is 0. The zero-order valence-electron chi connectivity index (χ0n) is 5.68. The van der Waals surface area contributed by atoms with Crippen LogP contribution >= 0.6 is 11.6 Å². The number of hydrogen-bond acceptors (Lipinski definition) is 0. The van der Waals surface area contributed by atoms with Gasteiger partial charge in [0.1, 0.15) is 0 Å². The Hall–Kier alpha value is -0.750. The maximum absolute atomic E-state index is 5.69. The zero-order chi connectivity index (χ0) is 7.40. The van der Waals surface area contributed by atoms with Crippen LogP contribution in [0.15, 0.2) is 47.6 Å². The van der Waals surface area contributed by atoms with Gasteiger partial charge in [-0.15, -0.1) is 0 Å². The Morgan fingerprint density at radius 3 is 3.00 bits per heavy atom. The van der Waals surface area contributed by atoms with E-state index in [1.165, 1.54) is 0 Å². The summed E-state index contributed by atoms with van der Waals surface area (Å²) in [7, 11) is 0. The van der Waals surface area contributed by atoms with Gasteiger partial charge in [0, 0.05) is 5.03 Å². The molecule has 0 aromatic carbocycles. The van der Waals surface area contributed by atoms with E-state index in [0.717, 1.165) is 12.0 Å². The first kappa shape index (κ1) is 7.36. The normalized spacial score (nSPS) is 16.3. The van der Waals surface area contributed by atoms with Crippen LogP contribution in [0, 0.1) is 0 Å². The lowest BCUT2D eigenvalue weighted by atomic mass is 10.2. The van der Waals surface area contributed by atoms with Crippen molar-refractivity contribution in [3.63, 3.8) is 0 Å². The second-order valence-electron chi connectivity index (χ2n) is 2.09. The first-order valence-corrected chi connectivity index (χ1v) is 3.56. The molecule has 52 valence electrons. The molecule has 1 heteroatoms. The molecule has 1 rings (SSSR count). The van der Waals surface area contributed by atoms with Gasteiger partial charge < -0.3 is 0 Å². The first-order valence-electron chi connectivity index (χ1n) is 3.19. The molecule has 1 aliphatic rings. The fourth-order valence-corrected chi connectivity index (χ4v) is 0.921. The maximum Gasteiger partial charge on any atom is 0.0403 e. The molecular formula is C9H9Cl. The number of rotatable bonds is 1. The highest BCUT2D eigenvalue weighted by atomic mass is 35.5. The van der Waals surface area contributed by atoms with Gasteiger partial charge in [0.05, 0.1) is 0 Å². The largest absolute Gasteiger partial charge is 0.0843 e. The predicted molar refractivity (Wildman–Crippen MR) is 46.0 cm³/mol. The van der Waals surface area contributed by atoms with E-state index in [0.29, 0.717) is 5.03 Å². The van der Waals surface area contributed by atoms with Crippen molar-refractivity contribution < 1.29 is 0 Å². The Labute approximate surface area is 66.2 Å². The Morgan fingerprint density at radius 2 is 2.30 bits per heavy atom. The van der Waals surface area contributed by atoms with Gasteiger partial charge in [-0.2, -0.15) is 0 Å². The van der Waals surface area contributed by atoms with Crippen molar-refractivity contribution in [3.8, 4) is 0 Å². The summed E-state index contributed by atoms with van der Waals surface area (Å²) in [6, 6.07) is 0. The molecule has 0 N–H and O–H groups in total. The Morgan fingerprint density at radius 1 is 1.50 bits per heavy atom. The lowest BCUT2D eigenvalue weighted by Gasteiger charge is -1.93. The average molecular weight is 153 g/mol. The van der Waals surface area contributed by atoms with Crippen molar-refractivity contribution >= 4 is 11.6 Å². The number of halogens is 1. The molecule has 0 saturated carbocycles. The van der Waals surface area contributed by atoms with Gasteiger partial charge in [-0.3, -0.25) is 0 Å². The van der Waals surface area contributed by atoms with Crippen LogP contribution in [0.4, 0.5) is 0 Å². The minimum atomic E-state index is 0.611. The van der Waals surface area contributed by atoms with Gasteiger partial charge in [-0.25, -0.2) is 0 Å². The average Bonchev–Trinajstić information content (AvgIpc) is 2.12. The highest BCUT2D eigenvalue weighted by Gasteiger charge is 1.94. The van der Waals surface area contributed by atoms with Gasteiger partial charge >= 0.3 is 0 Å². The van der Waals surface area contributed by atoms with Crippen LogP contribution in [0.1, 0.15) is 6.42 Å². The van der Waals surface area contributed by atoms with Gasteiger partial charge in [-0.05, 0) is 12.0 Å². The van der Waals surface area contributed by atoms with Gasteiger partial charge in [0.15, 0.2) is 0 Å². The third kappa shape index (κ3) is 1.89. The molecule has 0 spiro atoms. The van der Waals surface area contributed by atoms with Crippen LogP contribution in [-0.4, -0.2) is 0 Å². The van der Waals surface area contributed by atoms with Crippen molar-refractivity contribution in [3.05, 3.63) is 47.6 Å². The summed E-state index contributed by atoms with van der Waals surface area (Å²) in [4.78, 5) is 0. The van der Waals surface area contributed by atoms with Crippen LogP contribution in [-0.2, 0) is 0 Å². The minimum absolute atomic E-state index is 0.611. The Balaban J connectivity index is 2.78. The Bertz CT molecular complexity index is 219. The van der Waals surface area contributed by atoms with Crippen LogP contribution in [0.25, 0.3) is 0 Å². The lowest BCUT2D eigenvalue weighted by Crippen LogP contribution is -1.73. The fraction of sp³-hybridized carbons (Fsp3) is 0.111. The summed E-state index contributed by atoms with van der Waals surface area (Å²) in [5.74, 6) is 0. The summed E-state index contributed by atoms with van der Waals surface area (Å²) >= 11 is 5.69. The highest BCUT2D eigenvalue weighted by Crippen LogP contribution is 2.16. The molecule has 0 atom stereocenters. The third-order valence-corrected chi connectivity index (χ3v) is 1.53. The van der Waals surface area contributed by atoms with E-state index >= 15 is 0 Å². The Kier molecular flexibility index (Phi) is 2.52. The van der Waals surface area contributed by atoms with Gasteiger partial charge in [0.2, 0.25) is 0 Å². The van der Waals surface area contributed by atoms with E-state index in [1.54, 1.807) is 0 Å². The van der Waals surface area contributed by atoms with E-state index < -0.39 is 0 Å². The standard InChI is InChI=1S/C9H9Cl/c1-8(10)9-6-4-2-3-5-7-9/h2-4,6-7H,1,5H2. The van der Waals surface area contributed by atoms with E-state index in [4.69, 9.17) is 11.6 Å². The predicted octanol–water partition coefficient (Wildman–Crippen LogP) is 3.18. The van der Waals surface area contributed by atoms with E-state index in [-0.39, 0.29) is 0 Å². The quantitative estimate of drug-likeness (QED) is 0.542. The van der Waals surface area contributed by atoms with Gasteiger partial charge in [0.25, 0.3) is 0 Å². The van der Waals surface area contributed by atoms with Crippen molar-refractivity contribution in [1.82, 2.24) is 0 Å². The SMILES string of the molecule is C=C(Cl)C1=CCC=CC=C1. The number of allylic oxidation sites excluding steroid dienone is 7. The maximum atomic E-state index is 5.69. The second-order valence-corrected chi connectivity index (χ2v) is 2.54. The van der Waals surface area contributed by atoms with Crippen molar-refractivity contribution in [1.29, 1.82) is 0 Å². The summed E-state index contributed by atoms with van der Waals surface area (Å²) in [6.07, 6.45) is 11.0. The highest BCUT2D eigenvalue weighted by molar-refractivity contribution is 6.31. The topological polar surface area (TPSA) is 0 Å². The summed E-state index contributed by atoms with van der Waals surface area (Å²) in [5, 5.41) is 0.611. The van der Waals surface area contributed by atoms with E-state index in [9.17, 15) is 0 Å². The molecule has 0 bridgehead atoms. The second kappa shape index (κ2) is 3.43. The van der Waals surface area contributed by atoms with Crippen molar-refractivity contribution in [2.24, 2.45) is 0 Å². The molecule has 0 nitrogen and oxygen atoms in total. The summed E-state index contributed by atoms with van der Waals surface area (Å²) in [6.45, 7) is 3.64. The molecule has 1 aliphatic carbocycles. The van der Waals surface area contributed by atoms with E-state index in [2.05, 4.69) is 18.7 Å². The van der Waals surface area contributed by atoms with Crippen LogP contribution in [0.5, 0.6) is 0 Å². The first-order chi connectivity index (χ1) is 4.80. The minimum Gasteiger partial charge on any atom is -0.0843 e. The molecule has 0 aliphatic heterocycles. The van der Waals surface area contributed by atoms with E-state index in [1.807, 2.05) is 18.2 Å². The van der Waals surface area contributed by atoms with Gasteiger partial charge in [-0.1, -0.05) is 48.6 Å². The zero-order valence-corrected chi connectivity index (χ0v) is 6.43. The lowest BCUT2D eigenvalue weighted by molar-refractivity contribution is 1.38. The molecule has 10 heavy (non-hydrogen) atoms. The summed E-state index contributed by atoms with van der Waals surface area (Å²) < 4.78 is 0. The summed E-state index contributed by atoms with van der Waals surface area (Å²) in [5.41, 5.74) is 1.02. The molecule has 0 radical (unpaired) electrons. The monoisotopic (exact) mass is 152 g/mol. The van der Waals surface area contributed by atoms with Crippen LogP contribution in [0.2, 0.25) is 0 Å². The van der Waals surface area contributed by atoms with Crippen molar-refractivity contribution in [2.45, 2.75) is 6.42 Å². The third-order valence-electron chi connectivity index (χ3n) is 1.31. The van der Waals surface area contributed by atoms with Crippen LogP contribution in [0.3, 0.4) is 0 Å². The molecule has 0 saturated heterocycles. The van der Waals surface area contributed by atoms with Crippen LogP contribution < -0.4 is 0 Å². The van der Waals surface area contributed by atoms with Crippen molar-refractivity contribution in [2.75, 3.05) is 0 Å². The fourth-order valence-electron chi connectivity index (χ4n) is 0.781. The molecule has 0 aromatic heterocycles. The molecule has 0 heterocycles.